The molecule has 0 saturated carbocycles. The van der Waals surface area contributed by atoms with Crippen molar-refractivity contribution in [3.63, 3.8) is 0 Å². The molecule has 2 aromatic rings. The van der Waals surface area contributed by atoms with Crippen LogP contribution in [0.4, 0.5) is 5.95 Å². The van der Waals surface area contributed by atoms with Crippen molar-refractivity contribution < 1.29 is 0 Å². The molecule has 4 rings (SSSR count). The number of anilines is 1. The molecule has 0 amide bonds. The summed E-state index contributed by atoms with van der Waals surface area (Å²) in [5, 5.41) is 7.90. The summed E-state index contributed by atoms with van der Waals surface area (Å²) in [6.45, 7) is 8.46. The smallest absolute Gasteiger partial charge is 0.345 e. The number of nitrogens with zero attached hydrogens (tertiary/aromatic N) is 8. The van der Waals surface area contributed by atoms with Crippen LogP contribution in [-0.4, -0.2) is 74.4 Å². The average molecular weight is 414 g/mol. The molecule has 1 saturated heterocycles. The van der Waals surface area contributed by atoms with E-state index in [1.807, 2.05) is 10.6 Å². The van der Waals surface area contributed by atoms with Crippen molar-refractivity contribution in [3.05, 3.63) is 34.8 Å². The molecule has 0 aromatic carbocycles. The van der Waals surface area contributed by atoms with Crippen molar-refractivity contribution in [3.8, 4) is 0 Å². The maximum absolute atomic E-state index is 12.4. The van der Waals surface area contributed by atoms with Gasteiger partial charge in [-0.25, -0.2) is 19.4 Å². The van der Waals surface area contributed by atoms with Crippen LogP contribution >= 0.6 is 0 Å². The van der Waals surface area contributed by atoms with Crippen LogP contribution in [0.3, 0.4) is 0 Å². The van der Waals surface area contributed by atoms with E-state index in [1.54, 1.807) is 17.1 Å². The van der Waals surface area contributed by atoms with Gasteiger partial charge in [0.15, 0.2) is 5.96 Å². The lowest BCUT2D eigenvalue weighted by Crippen LogP contribution is -2.53. The second kappa shape index (κ2) is 9.73. The Labute approximate surface area is 176 Å². The number of fused-ring (bicyclic) bond motifs is 1. The first-order valence-electron chi connectivity index (χ1n) is 11.0. The van der Waals surface area contributed by atoms with Crippen LogP contribution in [0.5, 0.6) is 0 Å². The zero-order valence-electron chi connectivity index (χ0n) is 17.7. The van der Waals surface area contributed by atoms with Gasteiger partial charge in [0, 0.05) is 71.2 Å². The molecule has 10 nitrogen and oxygen atoms in total. The molecule has 2 aliphatic heterocycles. The molecule has 1 fully saturated rings. The zero-order valence-corrected chi connectivity index (χ0v) is 17.7. The Balaban J connectivity index is 1.30. The van der Waals surface area contributed by atoms with Crippen molar-refractivity contribution in [2.24, 2.45) is 4.99 Å². The van der Waals surface area contributed by atoms with Crippen molar-refractivity contribution in [1.29, 1.82) is 0 Å². The van der Waals surface area contributed by atoms with Crippen LogP contribution < -0.4 is 15.9 Å². The van der Waals surface area contributed by atoms with Gasteiger partial charge < -0.3 is 15.1 Å². The summed E-state index contributed by atoms with van der Waals surface area (Å²) in [6, 6.07) is 1.84. The second-order valence-electron chi connectivity index (χ2n) is 7.64. The first-order chi connectivity index (χ1) is 14.8. The normalized spacial score (nSPS) is 17.2. The van der Waals surface area contributed by atoms with Gasteiger partial charge in [-0.1, -0.05) is 0 Å². The number of aliphatic imine (C=N–C) groups is 1. The number of rotatable bonds is 6. The predicted molar refractivity (Wildman–Crippen MR) is 116 cm³/mol. The van der Waals surface area contributed by atoms with E-state index < -0.39 is 0 Å². The van der Waals surface area contributed by atoms with Crippen LogP contribution in [0.1, 0.15) is 32.0 Å². The van der Waals surface area contributed by atoms with E-state index in [-0.39, 0.29) is 5.69 Å². The fraction of sp³-hybridized carbons (Fsp3) is 0.650. The van der Waals surface area contributed by atoms with Gasteiger partial charge in [-0.2, -0.15) is 5.10 Å². The number of aryl methyl sites for hydroxylation is 2. The largest absolute Gasteiger partial charge is 0.357 e. The van der Waals surface area contributed by atoms with E-state index in [2.05, 4.69) is 37.1 Å². The van der Waals surface area contributed by atoms with Crippen molar-refractivity contribution >= 4 is 11.9 Å². The summed E-state index contributed by atoms with van der Waals surface area (Å²) in [6.07, 6.45) is 7.45. The minimum atomic E-state index is 0.0276. The molecule has 2 aliphatic rings. The summed E-state index contributed by atoms with van der Waals surface area (Å²) < 4.78 is 3.44. The molecule has 30 heavy (non-hydrogen) atoms. The highest BCUT2D eigenvalue weighted by Crippen LogP contribution is 2.11. The van der Waals surface area contributed by atoms with Gasteiger partial charge in [0.25, 0.3) is 0 Å². The maximum atomic E-state index is 12.4. The molecule has 4 heterocycles. The lowest BCUT2D eigenvalue weighted by Gasteiger charge is -2.36. The van der Waals surface area contributed by atoms with Crippen molar-refractivity contribution in [2.75, 3.05) is 44.2 Å². The highest BCUT2D eigenvalue weighted by Gasteiger charge is 2.21. The zero-order chi connectivity index (χ0) is 20.8. The highest BCUT2D eigenvalue weighted by atomic mass is 16.2. The van der Waals surface area contributed by atoms with Crippen LogP contribution in [0.25, 0.3) is 0 Å². The summed E-state index contributed by atoms with van der Waals surface area (Å²) in [7, 11) is 0. The number of hydrogen-bond donors (Lipinski definition) is 1. The Morgan fingerprint density at radius 1 is 1.13 bits per heavy atom. The van der Waals surface area contributed by atoms with E-state index in [4.69, 9.17) is 4.99 Å². The third-order valence-electron chi connectivity index (χ3n) is 5.57. The molecule has 0 spiro atoms. The van der Waals surface area contributed by atoms with E-state index in [1.165, 1.54) is 0 Å². The molecular weight excluding hydrogens is 382 g/mol. The molecule has 0 aliphatic carbocycles. The molecule has 1 N–H and O–H groups in total. The monoisotopic (exact) mass is 413 g/mol. The molecule has 162 valence electrons. The Bertz CT molecular complexity index is 897. The van der Waals surface area contributed by atoms with Crippen LogP contribution in [0.2, 0.25) is 0 Å². The van der Waals surface area contributed by atoms with Gasteiger partial charge in [0.1, 0.15) is 5.82 Å². The minimum absolute atomic E-state index is 0.0276. The fourth-order valence-corrected chi connectivity index (χ4v) is 4.00. The van der Waals surface area contributed by atoms with Gasteiger partial charge in [0.2, 0.25) is 5.95 Å². The first-order valence-corrected chi connectivity index (χ1v) is 11.0. The van der Waals surface area contributed by atoms with Gasteiger partial charge in [-0.15, -0.1) is 0 Å². The van der Waals surface area contributed by atoms with Gasteiger partial charge >= 0.3 is 5.69 Å². The Hall–Kier alpha value is -2.91. The minimum Gasteiger partial charge on any atom is -0.357 e. The Morgan fingerprint density at radius 3 is 2.67 bits per heavy atom. The molecule has 10 heteroatoms. The van der Waals surface area contributed by atoms with Crippen molar-refractivity contribution in [1.82, 2.24) is 34.5 Å². The average Bonchev–Trinajstić information content (AvgIpc) is 3.12. The van der Waals surface area contributed by atoms with Crippen LogP contribution in [-0.2, 0) is 19.5 Å². The molecule has 0 unspecified atom stereocenters. The second-order valence-corrected chi connectivity index (χ2v) is 7.64. The number of hydrogen-bond acceptors (Lipinski definition) is 6. The van der Waals surface area contributed by atoms with E-state index in [9.17, 15) is 4.79 Å². The fourth-order valence-electron chi connectivity index (χ4n) is 4.00. The third-order valence-corrected chi connectivity index (χ3v) is 5.57. The molecule has 0 bridgehead atoms. The van der Waals surface area contributed by atoms with E-state index in [0.717, 1.165) is 82.7 Å². The first kappa shape index (κ1) is 20.4. The number of guanidine groups is 1. The van der Waals surface area contributed by atoms with Gasteiger partial charge in [-0.05, 0) is 32.3 Å². The summed E-state index contributed by atoms with van der Waals surface area (Å²) in [5.41, 5.74) is 0.0276. The SMILES string of the molecule is CCNC(=NCCCn1nc2n(c1=O)CCCC2)N1CCN(c2ncccn2)CC1. The molecule has 2 aromatic heterocycles. The number of aromatic nitrogens is 5. The van der Waals surface area contributed by atoms with Crippen LogP contribution in [0.15, 0.2) is 28.2 Å². The number of piperazine rings is 1. The lowest BCUT2D eigenvalue weighted by atomic mass is 10.2. The standard InChI is InChI=1S/C20H31N9O/c1-2-21-18(26-13-15-27(16-14-26)19-22-8-5-9-23-19)24-10-6-12-29-20(30)28-11-4-3-7-17(28)25-29/h5,8-9H,2-4,6-7,10-16H2,1H3,(H,21,24). The van der Waals surface area contributed by atoms with E-state index in [0.29, 0.717) is 13.1 Å². The molecular formula is C20H31N9O. The summed E-state index contributed by atoms with van der Waals surface area (Å²) in [4.78, 5) is 30.4. The maximum Gasteiger partial charge on any atom is 0.345 e. The predicted octanol–water partition coefficient (Wildman–Crippen LogP) is 0.349. The number of nitrogens with one attached hydrogen (secondary N) is 1. The van der Waals surface area contributed by atoms with Crippen molar-refractivity contribution in [2.45, 2.75) is 45.7 Å². The van der Waals surface area contributed by atoms with Gasteiger partial charge in [0.05, 0.1) is 0 Å². The Morgan fingerprint density at radius 2 is 1.93 bits per heavy atom. The third kappa shape index (κ3) is 4.63. The lowest BCUT2D eigenvalue weighted by molar-refractivity contribution is 0.369. The van der Waals surface area contributed by atoms with Crippen LogP contribution in [0, 0.1) is 0 Å². The topological polar surface area (TPSA) is 96.5 Å². The van der Waals surface area contributed by atoms with Gasteiger partial charge in [-0.3, -0.25) is 9.56 Å². The quantitative estimate of drug-likeness (QED) is 0.415. The highest BCUT2D eigenvalue weighted by molar-refractivity contribution is 5.80. The summed E-state index contributed by atoms with van der Waals surface area (Å²) >= 11 is 0. The Kier molecular flexibility index (Phi) is 6.60. The summed E-state index contributed by atoms with van der Waals surface area (Å²) in [5.74, 6) is 2.65. The molecule has 0 radical (unpaired) electrons. The van der Waals surface area contributed by atoms with E-state index >= 15 is 0 Å². The molecule has 0 atom stereocenters.